The first kappa shape index (κ1) is 30.6. The maximum atomic E-state index is 6.55. The first-order valence-corrected chi connectivity index (χ1v) is 18.7. The monoisotopic (exact) mass is 708 g/mol. The van der Waals surface area contributed by atoms with Crippen molar-refractivity contribution in [3.8, 4) is 56.7 Å². The summed E-state index contributed by atoms with van der Waals surface area (Å²) in [7, 11) is 0. The minimum absolute atomic E-state index is 0.546. The molecule has 0 amide bonds. The minimum Gasteiger partial charge on any atom is -0.436 e. The number of thiophene rings is 1. The lowest BCUT2D eigenvalue weighted by atomic mass is 9.96. The van der Waals surface area contributed by atoms with Gasteiger partial charge in [0.2, 0.25) is 5.89 Å². The van der Waals surface area contributed by atoms with Gasteiger partial charge in [0, 0.05) is 42.9 Å². The molecular formula is C48H28N4OS. The van der Waals surface area contributed by atoms with E-state index in [-0.39, 0.29) is 0 Å². The Morgan fingerprint density at radius 3 is 1.87 bits per heavy atom. The maximum absolute atomic E-state index is 6.55. The Hall–Kier alpha value is -7.02. The first-order chi connectivity index (χ1) is 26.7. The summed E-state index contributed by atoms with van der Waals surface area (Å²) >= 11 is 1.74. The normalized spacial score (nSPS) is 11.7. The molecule has 0 N–H and O–H groups in total. The second kappa shape index (κ2) is 12.3. The summed E-state index contributed by atoms with van der Waals surface area (Å²) in [6.07, 6.45) is 0. The fraction of sp³-hybridized carbons (Fsp3) is 0. The van der Waals surface area contributed by atoms with Crippen molar-refractivity contribution in [1.82, 2.24) is 19.9 Å². The van der Waals surface area contributed by atoms with Crippen molar-refractivity contribution in [2.75, 3.05) is 0 Å². The van der Waals surface area contributed by atoms with Crippen LogP contribution in [-0.4, -0.2) is 19.9 Å². The molecule has 0 bridgehead atoms. The largest absolute Gasteiger partial charge is 0.436 e. The fourth-order valence-electron chi connectivity index (χ4n) is 7.64. The highest BCUT2D eigenvalue weighted by Gasteiger charge is 2.24. The molecule has 0 atom stereocenters. The second-order valence-electron chi connectivity index (χ2n) is 13.4. The molecule has 0 spiro atoms. The van der Waals surface area contributed by atoms with Gasteiger partial charge in [0.1, 0.15) is 5.52 Å². The lowest BCUT2D eigenvalue weighted by Crippen LogP contribution is -2.01. The number of rotatable bonds is 5. The number of benzene rings is 8. The lowest BCUT2D eigenvalue weighted by molar-refractivity contribution is 0.620. The predicted octanol–water partition coefficient (Wildman–Crippen LogP) is 13.0. The Morgan fingerprint density at radius 1 is 0.407 bits per heavy atom. The third kappa shape index (κ3) is 4.99. The molecule has 0 saturated heterocycles. The molecule has 6 heteroatoms. The lowest BCUT2D eigenvalue weighted by Gasteiger charge is -2.13. The highest BCUT2D eigenvalue weighted by molar-refractivity contribution is 7.26. The predicted molar refractivity (Wildman–Crippen MR) is 222 cm³/mol. The molecule has 54 heavy (non-hydrogen) atoms. The molecule has 3 aromatic heterocycles. The van der Waals surface area contributed by atoms with Gasteiger partial charge in [-0.25, -0.2) is 19.9 Å². The van der Waals surface area contributed by atoms with Gasteiger partial charge in [-0.2, -0.15) is 0 Å². The van der Waals surface area contributed by atoms with Crippen molar-refractivity contribution >= 4 is 64.2 Å². The van der Waals surface area contributed by atoms with Crippen LogP contribution in [0, 0.1) is 0 Å². The van der Waals surface area contributed by atoms with Crippen molar-refractivity contribution in [3.63, 3.8) is 0 Å². The van der Waals surface area contributed by atoms with E-state index in [1.807, 2.05) is 36.4 Å². The van der Waals surface area contributed by atoms with Crippen LogP contribution in [0.5, 0.6) is 0 Å². The van der Waals surface area contributed by atoms with E-state index >= 15 is 0 Å². The Morgan fingerprint density at radius 2 is 1.04 bits per heavy atom. The number of hydrogen-bond donors (Lipinski definition) is 0. The van der Waals surface area contributed by atoms with Crippen molar-refractivity contribution in [2.45, 2.75) is 0 Å². The standard InChI is InChI=1S/C48H28N4OS/c1-3-14-29(15-4-1)31-19-13-20-33(26-31)45-50-46(38-27-32-18-7-8-21-34(32)35-22-9-10-23-36(35)38)52-47(51-45)43-42-37-24-11-12-25-40(37)54-41(42)28-39-44(43)49-48(53-39)30-16-5-2-6-17-30/h1-28H. The smallest absolute Gasteiger partial charge is 0.227 e. The summed E-state index contributed by atoms with van der Waals surface area (Å²) < 4.78 is 8.80. The molecule has 0 aliphatic carbocycles. The summed E-state index contributed by atoms with van der Waals surface area (Å²) in [5, 5.41) is 6.73. The number of oxazole rings is 1. The van der Waals surface area contributed by atoms with Crippen molar-refractivity contribution in [1.29, 1.82) is 0 Å². The SMILES string of the molecule is c1ccc(-c2cccc(-c3nc(-c4cc5ccccc5c5ccccc45)nc(-c4c5nc(-c6ccccc6)oc5cc5sc6ccccc6c45)n3)c2)cc1. The molecule has 0 saturated carbocycles. The minimum atomic E-state index is 0.546. The van der Waals surface area contributed by atoms with Gasteiger partial charge in [0.15, 0.2) is 23.1 Å². The molecular weight excluding hydrogens is 681 g/mol. The zero-order valence-corrected chi connectivity index (χ0v) is 29.6. The van der Waals surface area contributed by atoms with E-state index in [1.54, 1.807) is 11.3 Å². The summed E-state index contributed by atoms with van der Waals surface area (Å²) in [5.41, 5.74) is 7.20. The molecule has 0 fully saturated rings. The molecule has 8 aromatic carbocycles. The van der Waals surface area contributed by atoms with E-state index in [2.05, 4.69) is 133 Å². The molecule has 252 valence electrons. The van der Waals surface area contributed by atoms with Crippen molar-refractivity contribution in [3.05, 3.63) is 170 Å². The molecule has 11 aromatic rings. The molecule has 0 unspecified atom stereocenters. The quantitative estimate of drug-likeness (QED) is 0.167. The molecule has 5 nitrogen and oxygen atoms in total. The Balaban J connectivity index is 1.25. The number of hydrogen-bond acceptors (Lipinski definition) is 6. The van der Waals surface area contributed by atoms with Crippen LogP contribution in [0.15, 0.2) is 174 Å². The van der Waals surface area contributed by atoms with Crippen molar-refractivity contribution < 1.29 is 4.42 Å². The van der Waals surface area contributed by atoms with E-state index in [4.69, 9.17) is 24.4 Å². The zero-order valence-electron chi connectivity index (χ0n) is 28.8. The second-order valence-corrected chi connectivity index (χ2v) is 14.5. The molecule has 11 rings (SSSR count). The van der Waals surface area contributed by atoms with Crippen LogP contribution in [0.2, 0.25) is 0 Å². The van der Waals surface area contributed by atoms with Gasteiger partial charge < -0.3 is 4.42 Å². The van der Waals surface area contributed by atoms with Gasteiger partial charge >= 0.3 is 0 Å². The van der Waals surface area contributed by atoms with Gasteiger partial charge in [0.05, 0.1) is 5.56 Å². The van der Waals surface area contributed by atoms with Gasteiger partial charge in [-0.1, -0.05) is 133 Å². The van der Waals surface area contributed by atoms with Crippen LogP contribution in [0.25, 0.3) is 110 Å². The highest BCUT2D eigenvalue weighted by atomic mass is 32.1. The van der Waals surface area contributed by atoms with E-state index in [0.29, 0.717) is 28.9 Å². The average Bonchev–Trinajstić information content (AvgIpc) is 3.84. The van der Waals surface area contributed by atoms with Crippen LogP contribution in [0.1, 0.15) is 0 Å². The molecule has 0 aliphatic rings. The Kier molecular flexibility index (Phi) is 6.97. The van der Waals surface area contributed by atoms with E-state index in [9.17, 15) is 0 Å². The zero-order chi connectivity index (χ0) is 35.6. The van der Waals surface area contributed by atoms with Crippen LogP contribution in [0.3, 0.4) is 0 Å². The van der Waals surface area contributed by atoms with Gasteiger partial charge in [-0.3, -0.25) is 0 Å². The molecule has 3 heterocycles. The summed E-state index contributed by atoms with van der Waals surface area (Å²) in [6, 6.07) is 58.7. The first-order valence-electron chi connectivity index (χ1n) is 17.9. The average molecular weight is 709 g/mol. The summed E-state index contributed by atoms with van der Waals surface area (Å²) in [4.78, 5) is 21.2. The van der Waals surface area contributed by atoms with Gasteiger partial charge in [-0.05, 0) is 63.0 Å². The van der Waals surface area contributed by atoms with Crippen LogP contribution < -0.4 is 0 Å². The van der Waals surface area contributed by atoms with Crippen molar-refractivity contribution in [2.24, 2.45) is 0 Å². The topological polar surface area (TPSA) is 64.7 Å². The molecule has 0 aliphatic heterocycles. The third-order valence-electron chi connectivity index (χ3n) is 10.1. The maximum Gasteiger partial charge on any atom is 0.227 e. The van der Waals surface area contributed by atoms with Crippen LogP contribution in [-0.2, 0) is 0 Å². The number of nitrogens with zero attached hydrogens (tertiary/aromatic N) is 4. The van der Waals surface area contributed by atoms with E-state index < -0.39 is 0 Å². The van der Waals surface area contributed by atoms with Crippen LogP contribution in [0.4, 0.5) is 0 Å². The summed E-state index contributed by atoms with van der Waals surface area (Å²) in [5.74, 6) is 2.28. The number of aromatic nitrogens is 4. The highest BCUT2D eigenvalue weighted by Crippen LogP contribution is 2.45. The van der Waals surface area contributed by atoms with Crippen LogP contribution >= 0.6 is 11.3 Å². The summed E-state index contributed by atoms with van der Waals surface area (Å²) in [6.45, 7) is 0. The fourth-order valence-corrected chi connectivity index (χ4v) is 8.78. The Bertz CT molecular complexity index is 3220. The van der Waals surface area contributed by atoms with E-state index in [1.165, 1.54) is 10.1 Å². The Labute approximate surface area is 313 Å². The van der Waals surface area contributed by atoms with E-state index in [0.717, 1.165) is 70.5 Å². The molecule has 0 radical (unpaired) electrons. The van der Waals surface area contributed by atoms with Gasteiger partial charge in [-0.15, -0.1) is 11.3 Å². The van der Waals surface area contributed by atoms with Gasteiger partial charge in [0.25, 0.3) is 0 Å². The number of fused-ring (bicyclic) bond motifs is 7. The third-order valence-corrected chi connectivity index (χ3v) is 11.3.